The average Bonchev–Trinajstić information content (AvgIpc) is 2.67. The minimum absolute atomic E-state index is 0. The minimum atomic E-state index is 0. The molecule has 1 rings (SSSR count). The van der Waals surface area contributed by atoms with Crippen molar-refractivity contribution in [1.82, 2.24) is 20.4 Å². The van der Waals surface area contributed by atoms with Gasteiger partial charge in [-0.1, -0.05) is 30.3 Å². The molecule has 0 aliphatic heterocycles. The first-order chi connectivity index (χ1) is 13.1. The van der Waals surface area contributed by atoms with Crippen LogP contribution in [0.25, 0.3) is 0 Å². The molecular formula is C21H38IN5O. The van der Waals surface area contributed by atoms with Crippen LogP contribution in [-0.2, 0) is 11.3 Å². The quantitative estimate of drug-likeness (QED) is 0.199. The Kier molecular flexibility index (Phi) is 15.8. The second-order valence-electron chi connectivity index (χ2n) is 6.58. The lowest BCUT2D eigenvalue weighted by atomic mass is 10.2. The van der Waals surface area contributed by atoms with Crippen LogP contribution >= 0.6 is 24.0 Å². The largest absolute Gasteiger partial charge is 0.357 e. The molecule has 0 aliphatic carbocycles. The maximum absolute atomic E-state index is 12.1. The van der Waals surface area contributed by atoms with E-state index in [1.165, 1.54) is 5.56 Å². The number of benzene rings is 1. The van der Waals surface area contributed by atoms with Crippen LogP contribution < -0.4 is 10.6 Å². The van der Waals surface area contributed by atoms with Crippen LogP contribution in [0.2, 0.25) is 0 Å². The van der Waals surface area contributed by atoms with Crippen LogP contribution in [0.15, 0.2) is 35.3 Å². The van der Waals surface area contributed by atoms with Crippen molar-refractivity contribution in [1.29, 1.82) is 0 Å². The Morgan fingerprint density at radius 3 is 2.36 bits per heavy atom. The second kappa shape index (κ2) is 16.6. The molecule has 0 spiro atoms. The number of halogens is 1. The first-order valence-electron chi connectivity index (χ1n) is 10.1. The molecule has 0 unspecified atom stereocenters. The topological polar surface area (TPSA) is 60.0 Å². The van der Waals surface area contributed by atoms with E-state index in [1.807, 2.05) is 31.7 Å². The number of nitrogens with zero attached hydrogens (tertiary/aromatic N) is 3. The van der Waals surface area contributed by atoms with E-state index in [0.717, 1.165) is 51.6 Å². The summed E-state index contributed by atoms with van der Waals surface area (Å²) in [6, 6.07) is 10.5. The average molecular weight is 503 g/mol. The summed E-state index contributed by atoms with van der Waals surface area (Å²) >= 11 is 0. The van der Waals surface area contributed by atoms with Crippen LogP contribution in [0.5, 0.6) is 0 Å². The van der Waals surface area contributed by atoms with Gasteiger partial charge in [0.15, 0.2) is 5.96 Å². The second-order valence-corrected chi connectivity index (χ2v) is 6.58. The van der Waals surface area contributed by atoms with Crippen molar-refractivity contribution in [2.75, 3.05) is 46.3 Å². The number of guanidine groups is 1. The highest BCUT2D eigenvalue weighted by molar-refractivity contribution is 14.0. The van der Waals surface area contributed by atoms with Crippen molar-refractivity contribution in [3.05, 3.63) is 35.9 Å². The number of rotatable bonds is 12. The summed E-state index contributed by atoms with van der Waals surface area (Å²) < 4.78 is 0. The summed E-state index contributed by atoms with van der Waals surface area (Å²) in [7, 11) is 2.14. The third kappa shape index (κ3) is 11.5. The lowest BCUT2D eigenvalue weighted by Gasteiger charge is -2.19. The smallest absolute Gasteiger partial charge is 0.224 e. The molecule has 0 radical (unpaired) electrons. The van der Waals surface area contributed by atoms with E-state index < -0.39 is 0 Å². The van der Waals surface area contributed by atoms with Gasteiger partial charge in [-0.3, -0.25) is 9.79 Å². The summed E-state index contributed by atoms with van der Waals surface area (Å²) in [6.07, 6.45) is 1.49. The highest BCUT2D eigenvalue weighted by atomic mass is 127. The predicted molar refractivity (Wildman–Crippen MR) is 129 cm³/mol. The maximum Gasteiger partial charge on any atom is 0.224 e. The molecule has 6 nitrogen and oxygen atoms in total. The van der Waals surface area contributed by atoms with Gasteiger partial charge in [0.25, 0.3) is 0 Å². The first-order valence-corrected chi connectivity index (χ1v) is 10.1. The zero-order valence-electron chi connectivity index (χ0n) is 17.9. The van der Waals surface area contributed by atoms with Crippen molar-refractivity contribution in [2.45, 2.75) is 40.2 Å². The van der Waals surface area contributed by atoms with Gasteiger partial charge in [-0.15, -0.1) is 24.0 Å². The molecule has 0 fully saturated rings. The molecule has 0 saturated carbocycles. The monoisotopic (exact) mass is 503 g/mol. The molecule has 1 amide bonds. The number of amides is 1. The predicted octanol–water partition coefficient (Wildman–Crippen LogP) is 2.94. The van der Waals surface area contributed by atoms with Gasteiger partial charge in [-0.05, 0) is 46.3 Å². The van der Waals surface area contributed by atoms with Gasteiger partial charge in [0, 0.05) is 45.7 Å². The van der Waals surface area contributed by atoms with Gasteiger partial charge in [-0.25, -0.2) is 0 Å². The van der Waals surface area contributed by atoms with Crippen molar-refractivity contribution in [2.24, 2.45) is 4.99 Å². The number of hydrogen-bond donors (Lipinski definition) is 2. The van der Waals surface area contributed by atoms with E-state index in [0.29, 0.717) is 13.0 Å². The van der Waals surface area contributed by atoms with Gasteiger partial charge in [0.05, 0.1) is 0 Å². The van der Waals surface area contributed by atoms with Gasteiger partial charge < -0.3 is 20.4 Å². The number of carbonyl (C=O) groups excluding carboxylic acids is 1. The Labute approximate surface area is 188 Å². The van der Waals surface area contributed by atoms with Gasteiger partial charge in [-0.2, -0.15) is 0 Å². The summed E-state index contributed by atoms with van der Waals surface area (Å²) in [6.45, 7) is 11.7. The third-order valence-corrected chi connectivity index (χ3v) is 4.35. The Morgan fingerprint density at radius 2 is 1.75 bits per heavy atom. The molecule has 0 saturated heterocycles. The highest BCUT2D eigenvalue weighted by Crippen LogP contribution is 2.02. The summed E-state index contributed by atoms with van der Waals surface area (Å²) in [4.78, 5) is 20.8. The molecule has 0 aliphatic rings. The summed E-state index contributed by atoms with van der Waals surface area (Å²) in [5.41, 5.74) is 1.33. The third-order valence-electron chi connectivity index (χ3n) is 4.35. The molecule has 0 heterocycles. The van der Waals surface area contributed by atoms with E-state index in [2.05, 4.69) is 51.8 Å². The van der Waals surface area contributed by atoms with Crippen LogP contribution in [0, 0.1) is 0 Å². The fourth-order valence-corrected chi connectivity index (χ4v) is 2.87. The van der Waals surface area contributed by atoms with Crippen molar-refractivity contribution >= 4 is 35.8 Å². The fourth-order valence-electron chi connectivity index (χ4n) is 2.87. The highest BCUT2D eigenvalue weighted by Gasteiger charge is 2.09. The molecular weight excluding hydrogens is 465 g/mol. The van der Waals surface area contributed by atoms with Gasteiger partial charge in [0.2, 0.25) is 5.91 Å². The zero-order chi connectivity index (χ0) is 19.9. The van der Waals surface area contributed by atoms with Crippen molar-refractivity contribution in [3.63, 3.8) is 0 Å². The SMILES string of the molecule is CCNC(=NCCCN(C)Cc1ccccc1)NCCC(=O)N(CC)CC.I. The zero-order valence-corrected chi connectivity index (χ0v) is 20.2. The Morgan fingerprint density at radius 1 is 1.07 bits per heavy atom. The molecule has 0 bridgehead atoms. The fraction of sp³-hybridized carbons (Fsp3) is 0.619. The van der Waals surface area contributed by atoms with E-state index in [9.17, 15) is 4.79 Å². The Balaban J connectivity index is 0.00000729. The minimum Gasteiger partial charge on any atom is -0.357 e. The number of nitrogens with one attached hydrogen (secondary N) is 2. The number of carbonyl (C=O) groups is 1. The Bertz CT molecular complexity index is 549. The van der Waals surface area contributed by atoms with Crippen LogP contribution in [0.1, 0.15) is 39.2 Å². The molecule has 2 N–H and O–H groups in total. The molecule has 0 aromatic heterocycles. The van der Waals surface area contributed by atoms with E-state index in [-0.39, 0.29) is 29.9 Å². The normalized spacial score (nSPS) is 11.1. The molecule has 0 atom stereocenters. The van der Waals surface area contributed by atoms with Crippen molar-refractivity contribution in [3.8, 4) is 0 Å². The molecule has 160 valence electrons. The lowest BCUT2D eigenvalue weighted by molar-refractivity contribution is -0.130. The lowest BCUT2D eigenvalue weighted by Crippen LogP contribution is -2.40. The first kappa shape index (κ1) is 26.6. The van der Waals surface area contributed by atoms with Crippen LogP contribution in [-0.4, -0.2) is 68.0 Å². The van der Waals surface area contributed by atoms with Gasteiger partial charge in [0.1, 0.15) is 0 Å². The van der Waals surface area contributed by atoms with E-state index in [1.54, 1.807) is 0 Å². The standard InChI is InChI=1S/C21H37N5O.HI/c1-5-22-21(24-16-14-20(27)26(6-2)7-3)23-15-11-17-25(4)18-19-12-9-8-10-13-19;/h8-10,12-13H,5-7,11,14-18H2,1-4H3,(H2,22,23,24);1H. The van der Waals surface area contributed by atoms with Crippen LogP contribution in [0.4, 0.5) is 0 Å². The molecule has 1 aromatic rings. The van der Waals surface area contributed by atoms with Crippen molar-refractivity contribution < 1.29 is 4.79 Å². The number of aliphatic imine (C=N–C) groups is 1. The summed E-state index contributed by atoms with van der Waals surface area (Å²) in [5.74, 6) is 0.974. The molecule has 28 heavy (non-hydrogen) atoms. The maximum atomic E-state index is 12.1. The number of hydrogen-bond acceptors (Lipinski definition) is 3. The van der Waals surface area contributed by atoms with Crippen LogP contribution in [0.3, 0.4) is 0 Å². The molecule has 7 heteroatoms. The van der Waals surface area contributed by atoms with Gasteiger partial charge >= 0.3 is 0 Å². The summed E-state index contributed by atoms with van der Waals surface area (Å²) in [5, 5.41) is 6.50. The van der Waals surface area contributed by atoms with E-state index in [4.69, 9.17) is 0 Å². The molecule has 1 aromatic carbocycles. The Hall–Kier alpha value is -1.35. The van der Waals surface area contributed by atoms with E-state index >= 15 is 0 Å².